The summed E-state index contributed by atoms with van der Waals surface area (Å²) in [6.45, 7) is 3.32. The van der Waals surface area contributed by atoms with Crippen molar-refractivity contribution in [3.63, 3.8) is 0 Å². The number of nitrogens with zero attached hydrogens (tertiary/aromatic N) is 2. The van der Waals surface area contributed by atoms with Crippen LogP contribution in [0.2, 0.25) is 0 Å². The van der Waals surface area contributed by atoms with E-state index < -0.39 is 0 Å². The lowest BCUT2D eigenvalue weighted by atomic mass is 10.1. The summed E-state index contributed by atoms with van der Waals surface area (Å²) < 4.78 is 5.21. The molecule has 1 aromatic carbocycles. The first-order chi connectivity index (χ1) is 11.8. The molecule has 5 heteroatoms. The van der Waals surface area contributed by atoms with Gasteiger partial charge in [-0.15, -0.1) is 0 Å². The van der Waals surface area contributed by atoms with E-state index in [4.69, 9.17) is 4.74 Å². The summed E-state index contributed by atoms with van der Waals surface area (Å²) in [7, 11) is 1.68. The lowest BCUT2D eigenvalue weighted by Gasteiger charge is -2.36. The Labute approximate surface area is 145 Å². The second-order valence-electron chi connectivity index (χ2n) is 6.81. The molecule has 1 heterocycles. The molecule has 1 aromatic rings. The van der Waals surface area contributed by atoms with E-state index in [0.29, 0.717) is 6.04 Å². The van der Waals surface area contributed by atoms with Gasteiger partial charge in [0.15, 0.2) is 0 Å². The Morgan fingerprint density at radius 2 is 1.62 bits per heavy atom. The number of urea groups is 1. The summed E-state index contributed by atoms with van der Waals surface area (Å²) in [5, 5.41) is 3.25. The summed E-state index contributed by atoms with van der Waals surface area (Å²) in [5.74, 6) is 0.875. The largest absolute Gasteiger partial charge is 0.497 e. The van der Waals surface area contributed by atoms with Gasteiger partial charge in [-0.05, 0) is 37.1 Å². The number of ether oxygens (including phenoxy) is 1. The number of rotatable bonds is 3. The van der Waals surface area contributed by atoms with Crippen molar-refractivity contribution in [3.05, 3.63) is 24.3 Å². The molecule has 2 aliphatic rings. The number of methoxy groups -OCH3 is 1. The zero-order valence-electron chi connectivity index (χ0n) is 14.7. The number of piperazine rings is 1. The van der Waals surface area contributed by atoms with Crippen molar-refractivity contribution < 1.29 is 9.53 Å². The summed E-state index contributed by atoms with van der Waals surface area (Å²) in [6.07, 6.45) is 7.39. The number of carbonyl (C=O) groups excluding carboxylic acids is 1. The molecule has 0 radical (unpaired) electrons. The Bertz CT molecular complexity index is 516. The molecular formula is C19H29N3O2. The fourth-order valence-electron chi connectivity index (χ4n) is 3.65. The molecule has 3 rings (SSSR count). The molecule has 1 saturated carbocycles. The van der Waals surface area contributed by atoms with E-state index in [9.17, 15) is 4.79 Å². The smallest absolute Gasteiger partial charge is 0.317 e. The number of anilines is 1. The monoisotopic (exact) mass is 331 g/mol. The van der Waals surface area contributed by atoms with E-state index in [-0.39, 0.29) is 6.03 Å². The normalized spacial score (nSPS) is 19.7. The fourth-order valence-corrected chi connectivity index (χ4v) is 3.65. The highest BCUT2D eigenvalue weighted by Crippen LogP contribution is 2.21. The van der Waals surface area contributed by atoms with Gasteiger partial charge in [0.05, 0.1) is 7.11 Å². The number of benzene rings is 1. The third-order valence-electron chi connectivity index (χ3n) is 5.19. The van der Waals surface area contributed by atoms with Crippen LogP contribution in [0.1, 0.15) is 38.5 Å². The average molecular weight is 331 g/mol. The van der Waals surface area contributed by atoms with Gasteiger partial charge in [-0.2, -0.15) is 0 Å². The predicted molar refractivity (Wildman–Crippen MR) is 96.8 cm³/mol. The molecule has 0 unspecified atom stereocenters. The molecule has 2 fully saturated rings. The van der Waals surface area contributed by atoms with Crippen molar-refractivity contribution in [2.45, 2.75) is 44.6 Å². The Balaban J connectivity index is 1.47. The van der Waals surface area contributed by atoms with Crippen LogP contribution in [0.5, 0.6) is 5.75 Å². The maximum absolute atomic E-state index is 12.5. The van der Waals surface area contributed by atoms with E-state index >= 15 is 0 Å². The van der Waals surface area contributed by atoms with Crippen LogP contribution in [-0.4, -0.2) is 50.3 Å². The first kappa shape index (κ1) is 16.9. The van der Waals surface area contributed by atoms with Crippen LogP contribution in [0.15, 0.2) is 24.3 Å². The van der Waals surface area contributed by atoms with Gasteiger partial charge in [-0.3, -0.25) is 0 Å². The Morgan fingerprint density at radius 1 is 1.00 bits per heavy atom. The summed E-state index contributed by atoms with van der Waals surface area (Å²) in [4.78, 5) is 16.8. The van der Waals surface area contributed by atoms with E-state index in [2.05, 4.69) is 22.3 Å². The zero-order chi connectivity index (χ0) is 16.8. The van der Waals surface area contributed by atoms with Crippen molar-refractivity contribution in [1.29, 1.82) is 0 Å². The average Bonchev–Trinajstić information content (AvgIpc) is 2.90. The second-order valence-corrected chi connectivity index (χ2v) is 6.81. The first-order valence-corrected chi connectivity index (χ1v) is 9.21. The van der Waals surface area contributed by atoms with E-state index in [1.807, 2.05) is 17.0 Å². The molecule has 0 aromatic heterocycles. The van der Waals surface area contributed by atoms with Gasteiger partial charge in [0.1, 0.15) is 5.75 Å². The molecule has 1 aliphatic heterocycles. The van der Waals surface area contributed by atoms with Gasteiger partial charge in [-0.25, -0.2) is 4.79 Å². The maximum Gasteiger partial charge on any atom is 0.317 e. The molecule has 1 N–H and O–H groups in total. The third kappa shape index (κ3) is 4.34. The molecule has 24 heavy (non-hydrogen) atoms. The number of amides is 2. The van der Waals surface area contributed by atoms with E-state index in [0.717, 1.165) is 44.8 Å². The number of nitrogens with one attached hydrogen (secondary N) is 1. The Hall–Kier alpha value is -1.91. The van der Waals surface area contributed by atoms with Crippen LogP contribution in [0, 0.1) is 0 Å². The Kier molecular flexibility index (Phi) is 5.83. The van der Waals surface area contributed by atoms with Crippen molar-refractivity contribution >= 4 is 11.7 Å². The van der Waals surface area contributed by atoms with Crippen LogP contribution in [0.3, 0.4) is 0 Å². The van der Waals surface area contributed by atoms with Crippen molar-refractivity contribution in [1.82, 2.24) is 10.2 Å². The highest BCUT2D eigenvalue weighted by Gasteiger charge is 2.23. The van der Waals surface area contributed by atoms with Gasteiger partial charge in [0.25, 0.3) is 0 Å². The molecule has 0 atom stereocenters. The van der Waals surface area contributed by atoms with Crippen molar-refractivity contribution in [2.75, 3.05) is 38.2 Å². The van der Waals surface area contributed by atoms with Crippen LogP contribution in [0.4, 0.5) is 10.5 Å². The molecule has 1 saturated heterocycles. The minimum atomic E-state index is 0.122. The maximum atomic E-state index is 12.5. The molecular weight excluding hydrogens is 302 g/mol. The quantitative estimate of drug-likeness (QED) is 0.865. The van der Waals surface area contributed by atoms with E-state index in [1.54, 1.807) is 7.11 Å². The lowest BCUT2D eigenvalue weighted by molar-refractivity contribution is 0.189. The second kappa shape index (κ2) is 8.27. The fraction of sp³-hybridized carbons (Fsp3) is 0.632. The minimum Gasteiger partial charge on any atom is -0.497 e. The van der Waals surface area contributed by atoms with Gasteiger partial charge in [0, 0.05) is 37.9 Å². The highest BCUT2D eigenvalue weighted by atomic mass is 16.5. The minimum absolute atomic E-state index is 0.122. The topological polar surface area (TPSA) is 44.8 Å². The summed E-state index contributed by atoms with van der Waals surface area (Å²) in [5.41, 5.74) is 1.19. The van der Waals surface area contributed by atoms with Crippen molar-refractivity contribution in [2.24, 2.45) is 0 Å². The first-order valence-electron chi connectivity index (χ1n) is 9.21. The molecule has 0 bridgehead atoms. The molecule has 2 amide bonds. The third-order valence-corrected chi connectivity index (χ3v) is 5.19. The van der Waals surface area contributed by atoms with Crippen LogP contribution >= 0.6 is 0 Å². The number of carbonyl (C=O) groups is 1. The van der Waals surface area contributed by atoms with Gasteiger partial charge >= 0.3 is 6.03 Å². The molecule has 0 spiro atoms. The SMILES string of the molecule is COc1ccc(N2CCN(C(=O)NC3CCCCCC3)CC2)cc1. The molecule has 5 nitrogen and oxygen atoms in total. The number of hydrogen-bond donors (Lipinski definition) is 1. The number of hydrogen-bond acceptors (Lipinski definition) is 3. The zero-order valence-corrected chi connectivity index (χ0v) is 14.7. The predicted octanol–water partition coefficient (Wildman–Crippen LogP) is 3.25. The van der Waals surface area contributed by atoms with E-state index in [1.165, 1.54) is 31.4 Å². The molecule has 132 valence electrons. The van der Waals surface area contributed by atoms with Gasteiger partial charge in [0.2, 0.25) is 0 Å². The highest BCUT2D eigenvalue weighted by molar-refractivity contribution is 5.75. The molecule has 1 aliphatic carbocycles. The van der Waals surface area contributed by atoms with Crippen LogP contribution < -0.4 is 15.0 Å². The van der Waals surface area contributed by atoms with Crippen molar-refractivity contribution in [3.8, 4) is 5.75 Å². The summed E-state index contributed by atoms with van der Waals surface area (Å²) >= 11 is 0. The lowest BCUT2D eigenvalue weighted by Crippen LogP contribution is -2.53. The standard InChI is InChI=1S/C19H29N3O2/c1-24-18-10-8-17(9-11-18)21-12-14-22(15-13-21)19(23)20-16-6-4-2-3-5-7-16/h8-11,16H,2-7,12-15H2,1H3,(H,20,23). The van der Waals surface area contributed by atoms with Gasteiger partial charge < -0.3 is 19.9 Å². The van der Waals surface area contributed by atoms with Crippen LogP contribution in [0.25, 0.3) is 0 Å². The summed E-state index contributed by atoms with van der Waals surface area (Å²) in [6, 6.07) is 8.64. The van der Waals surface area contributed by atoms with Gasteiger partial charge in [-0.1, -0.05) is 25.7 Å². The van der Waals surface area contributed by atoms with Crippen LogP contribution in [-0.2, 0) is 0 Å². The Morgan fingerprint density at radius 3 is 2.21 bits per heavy atom.